The summed E-state index contributed by atoms with van der Waals surface area (Å²) < 4.78 is 64.4. The summed E-state index contributed by atoms with van der Waals surface area (Å²) in [6.07, 6.45) is 2.51. The van der Waals surface area contributed by atoms with Gasteiger partial charge in [0.05, 0.1) is 26.8 Å². The fraction of sp³-hybridized carbons (Fsp3) is 0.167. The van der Waals surface area contributed by atoms with Crippen LogP contribution in [0.3, 0.4) is 0 Å². The Morgan fingerprint density at radius 3 is 1.79 bits per heavy atom. The van der Waals surface area contributed by atoms with Gasteiger partial charge in [0.1, 0.15) is 11.5 Å². The van der Waals surface area contributed by atoms with Crippen LogP contribution >= 0.6 is 0 Å². The van der Waals surface area contributed by atoms with Crippen molar-refractivity contribution in [2.24, 2.45) is 9.98 Å². The maximum absolute atomic E-state index is 11.5. The van der Waals surface area contributed by atoms with Crippen molar-refractivity contribution in [2.75, 3.05) is 6.54 Å². The van der Waals surface area contributed by atoms with Gasteiger partial charge in [0.2, 0.25) is 0 Å². The average molecular weight is 578 g/mol. The summed E-state index contributed by atoms with van der Waals surface area (Å²) in [5.41, 5.74) is -0.637. The molecule has 206 valence electrons. The molecule has 3 aromatic carbocycles. The average Bonchev–Trinajstić information content (AvgIpc) is 2.83. The third-order valence-corrected chi connectivity index (χ3v) is 7.20. The maximum atomic E-state index is 11.5. The van der Waals surface area contributed by atoms with Crippen molar-refractivity contribution in [3.63, 3.8) is 0 Å². The van der Waals surface area contributed by atoms with Gasteiger partial charge < -0.3 is 10.2 Å². The van der Waals surface area contributed by atoms with E-state index in [4.69, 9.17) is 0 Å². The van der Waals surface area contributed by atoms with Gasteiger partial charge in [-0.1, -0.05) is 12.1 Å². The monoisotopic (exact) mass is 577 g/mol. The summed E-state index contributed by atoms with van der Waals surface area (Å²) in [6, 6.07) is 11.9. The number of phenols is 2. The van der Waals surface area contributed by atoms with E-state index in [1.165, 1.54) is 36.7 Å². The molecule has 13 nitrogen and oxygen atoms in total. The van der Waals surface area contributed by atoms with E-state index < -0.39 is 40.5 Å². The van der Waals surface area contributed by atoms with E-state index in [2.05, 4.69) is 9.98 Å². The molecule has 0 aliphatic rings. The van der Waals surface area contributed by atoms with Crippen LogP contribution in [0.2, 0.25) is 0 Å². The zero-order chi connectivity index (χ0) is 29.0. The van der Waals surface area contributed by atoms with Crippen LogP contribution in [0.1, 0.15) is 23.6 Å². The number of non-ortho nitro benzene ring substituents is 1. The maximum Gasteiger partial charge on any atom is 0.294 e. The van der Waals surface area contributed by atoms with Crippen molar-refractivity contribution in [3.05, 3.63) is 87.5 Å². The van der Waals surface area contributed by atoms with Crippen molar-refractivity contribution in [1.29, 1.82) is 0 Å². The summed E-state index contributed by atoms with van der Waals surface area (Å²) >= 11 is 0. The van der Waals surface area contributed by atoms with Gasteiger partial charge in [-0.25, -0.2) is 0 Å². The lowest BCUT2D eigenvalue weighted by Gasteiger charge is -2.23. The normalized spacial score (nSPS) is 14.0. The predicted molar refractivity (Wildman–Crippen MR) is 141 cm³/mol. The minimum absolute atomic E-state index is 0.00899. The first-order valence-electron chi connectivity index (χ1n) is 11.0. The molecule has 0 bridgehead atoms. The Hall–Kier alpha value is -4.18. The zero-order valence-corrected chi connectivity index (χ0v) is 21.9. The molecule has 1 unspecified atom stereocenters. The number of aromatic hydroxyl groups is 2. The first-order chi connectivity index (χ1) is 18.1. The third kappa shape index (κ3) is 7.90. The Bertz CT molecular complexity index is 1670. The number of benzene rings is 3. The van der Waals surface area contributed by atoms with Gasteiger partial charge >= 0.3 is 0 Å². The molecule has 0 saturated carbocycles. The van der Waals surface area contributed by atoms with Gasteiger partial charge in [0, 0.05) is 35.7 Å². The second kappa shape index (κ2) is 11.3. The highest BCUT2D eigenvalue weighted by Crippen LogP contribution is 2.25. The van der Waals surface area contributed by atoms with Crippen LogP contribution in [-0.4, -0.2) is 65.6 Å². The molecule has 0 spiro atoms. The Labute approximate surface area is 223 Å². The molecule has 0 aliphatic heterocycles. The molecule has 0 saturated heterocycles. The molecule has 0 fully saturated rings. The van der Waals surface area contributed by atoms with E-state index in [9.17, 15) is 46.3 Å². The van der Waals surface area contributed by atoms with Gasteiger partial charge in [-0.2, -0.15) is 16.8 Å². The van der Waals surface area contributed by atoms with Crippen LogP contribution in [0.25, 0.3) is 0 Å². The largest absolute Gasteiger partial charge is 0.507 e. The molecule has 0 aromatic heterocycles. The van der Waals surface area contributed by atoms with E-state index in [0.29, 0.717) is 5.56 Å². The van der Waals surface area contributed by atoms with Crippen LogP contribution in [0.15, 0.2) is 80.4 Å². The van der Waals surface area contributed by atoms with Crippen LogP contribution in [0.5, 0.6) is 11.5 Å². The summed E-state index contributed by atoms with van der Waals surface area (Å²) in [5, 5.41) is 31.2. The number of phenolic OH excluding ortho intramolecular Hbond substituents is 2. The fourth-order valence-electron chi connectivity index (χ4n) is 3.48. The molecule has 15 heteroatoms. The van der Waals surface area contributed by atoms with E-state index in [1.807, 2.05) is 0 Å². The smallest absolute Gasteiger partial charge is 0.294 e. The van der Waals surface area contributed by atoms with Crippen molar-refractivity contribution in [3.8, 4) is 11.5 Å². The second-order valence-corrected chi connectivity index (χ2v) is 11.6. The minimum Gasteiger partial charge on any atom is -0.507 e. The number of nitro groups is 1. The van der Waals surface area contributed by atoms with Crippen molar-refractivity contribution >= 4 is 38.4 Å². The van der Waals surface area contributed by atoms with Gasteiger partial charge in [0.15, 0.2) is 0 Å². The molecule has 1 atom stereocenters. The number of hydrogen-bond donors (Lipinski definition) is 4. The first-order valence-corrected chi connectivity index (χ1v) is 13.8. The second-order valence-electron chi connectivity index (χ2n) is 8.72. The van der Waals surface area contributed by atoms with Crippen molar-refractivity contribution in [1.82, 2.24) is 0 Å². The van der Waals surface area contributed by atoms with E-state index >= 15 is 0 Å². The fourth-order valence-corrected chi connectivity index (χ4v) is 4.51. The lowest BCUT2D eigenvalue weighted by Crippen LogP contribution is -2.29. The van der Waals surface area contributed by atoms with Crippen LogP contribution in [-0.2, 0) is 26.7 Å². The highest BCUT2D eigenvalue weighted by molar-refractivity contribution is 7.86. The topological polar surface area (TPSA) is 217 Å². The van der Waals surface area contributed by atoms with E-state index in [1.54, 1.807) is 6.92 Å². The molecule has 0 radical (unpaired) electrons. The number of nitro benzene ring substituents is 1. The van der Waals surface area contributed by atoms with Crippen LogP contribution in [0, 0.1) is 10.1 Å². The van der Waals surface area contributed by atoms with Gasteiger partial charge in [-0.15, -0.1) is 0 Å². The summed E-state index contributed by atoms with van der Waals surface area (Å²) in [4.78, 5) is 18.2. The standard InChI is InChI=1S/C24H23N3O10S2/c1-24(12-16-2-4-19(5-3-16)27(30)31,26-14-18-11-21(39(35,36)37)7-9-23(18)29)15-25-13-17-10-20(38(32,33)34)6-8-22(17)28/h2-11,13-14,28-29H,12,15H2,1H3,(H,32,33,34)(H,35,36,37). The molecule has 0 amide bonds. The molecular formula is C24H23N3O10S2. The summed E-state index contributed by atoms with van der Waals surface area (Å²) in [5.74, 6) is -0.627. The van der Waals surface area contributed by atoms with E-state index in [-0.39, 0.29) is 41.3 Å². The van der Waals surface area contributed by atoms with Crippen LogP contribution < -0.4 is 0 Å². The molecule has 39 heavy (non-hydrogen) atoms. The number of rotatable bonds is 10. The quantitative estimate of drug-likeness (QED) is 0.119. The zero-order valence-electron chi connectivity index (χ0n) is 20.2. The molecule has 0 heterocycles. The Kier molecular flexibility index (Phi) is 8.50. The lowest BCUT2D eigenvalue weighted by molar-refractivity contribution is -0.384. The Balaban J connectivity index is 1.98. The molecule has 3 rings (SSSR count). The molecular weight excluding hydrogens is 554 g/mol. The number of hydrogen-bond acceptors (Lipinski definition) is 10. The summed E-state index contributed by atoms with van der Waals surface area (Å²) in [6.45, 7) is 1.56. The number of aliphatic imine (C=N–C) groups is 2. The Morgan fingerprint density at radius 2 is 1.33 bits per heavy atom. The van der Waals surface area contributed by atoms with Crippen LogP contribution in [0.4, 0.5) is 5.69 Å². The SMILES string of the molecule is CC(CN=Cc1cc(S(=O)(=O)O)ccc1O)(Cc1ccc([N+](=O)[O-])cc1)N=Cc1cc(S(=O)(=O)O)ccc1O. The van der Waals surface area contributed by atoms with Gasteiger partial charge in [-0.05, 0) is 55.3 Å². The molecule has 4 N–H and O–H groups in total. The molecule has 3 aromatic rings. The lowest BCUT2D eigenvalue weighted by atomic mass is 9.93. The summed E-state index contributed by atoms with van der Waals surface area (Å²) in [7, 11) is -9.09. The van der Waals surface area contributed by atoms with E-state index in [0.717, 1.165) is 36.4 Å². The number of nitrogens with zero attached hydrogens (tertiary/aromatic N) is 3. The van der Waals surface area contributed by atoms with Gasteiger partial charge in [-0.3, -0.25) is 29.2 Å². The highest BCUT2D eigenvalue weighted by Gasteiger charge is 2.24. The highest BCUT2D eigenvalue weighted by atomic mass is 32.2. The third-order valence-electron chi connectivity index (χ3n) is 5.50. The predicted octanol–water partition coefficient (Wildman–Crippen LogP) is 3.04. The first kappa shape index (κ1) is 29.4. The molecule has 0 aliphatic carbocycles. The minimum atomic E-state index is -4.55. The Morgan fingerprint density at radius 1 is 0.846 bits per heavy atom. The van der Waals surface area contributed by atoms with Crippen molar-refractivity contribution in [2.45, 2.75) is 28.7 Å². The van der Waals surface area contributed by atoms with Gasteiger partial charge in [0.25, 0.3) is 25.9 Å². The van der Waals surface area contributed by atoms with Crippen molar-refractivity contribution < 1.29 is 41.1 Å².